The highest BCUT2D eigenvalue weighted by Crippen LogP contribution is 2.02. The maximum atomic E-state index is 12.8. The second-order valence-corrected chi connectivity index (χ2v) is 3.54. The Morgan fingerprint density at radius 1 is 1.56 bits per heavy atom. The van der Waals surface area contributed by atoms with E-state index in [0.29, 0.717) is 0 Å². The summed E-state index contributed by atoms with van der Waals surface area (Å²) in [5.41, 5.74) is -0.0290. The van der Waals surface area contributed by atoms with Crippen LogP contribution in [0.5, 0.6) is 0 Å². The molecule has 0 aromatic carbocycles. The van der Waals surface area contributed by atoms with E-state index in [2.05, 4.69) is 10.3 Å². The van der Waals surface area contributed by atoms with Crippen molar-refractivity contribution in [2.75, 3.05) is 13.7 Å². The third kappa shape index (κ3) is 4.10. The standard InChI is InChI=1S/C11H13FN2O4/c1-18-3-2-9(11(16)17)14-10(15)7-4-8(12)6-13-5-7/h4-6,9H,2-3H2,1H3,(H,14,15)(H,16,17). The zero-order valence-corrected chi connectivity index (χ0v) is 9.72. The van der Waals surface area contributed by atoms with Crippen molar-refractivity contribution in [2.45, 2.75) is 12.5 Å². The van der Waals surface area contributed by atoms with Crippen LogP contribution in [0.15, 0.2) is 18.5 Å². The fraction of sp³-hybridized carbons (Fsp3) is 0.364. The number of methoxy groups -OCH3 is 1. The number of rotatable bonds is 6. The molecule has 0 aliphatic heterocycles. The molecule has 1 aromatic rings. The lowest BCUT2D eigenvalue weighted by Gasteiger charge is -2.13. The van der Waals surface area contributed by atoms with Gasteiger partial charge in [0.15, 0.2) is 0 Å². The molecular formula is C11H13FN2O4. The molecule has 0 bridgehead atoms. The van der Waals surface area contributed by atoms with Crippen molar-refractivity contribution in [3.8, 4) is 0 Å². The van der Waals surface area contributed by atoms with Gasteiger partial charge in [-0.2, -0.15) is 0 Å². The van der Waals surface area contributed by atoms with Crippen LogP contribution in [0, 0.1) is 5.82 Å². The van der Waals surface area contributed by atoms with Gasteiger partial charge >= 0.3 is 5.97 Å². The number of nitrogens with one attached hydrogen (secondary N) is 1. The van der Waals surface area contributed by atoms with Crippen molar-refractivity contribution in [2.24, 2.45) is 0 Å². The summed E-state index contributed by atoms with van der Waals surface area (Å²) in [5, 5.41) is 11.2. The fourth-order valence-electron chi connectivity index (χ4n) is 1.27. The molecule has 0 radical (unpaired) electrons. The predicted octanol–water partition coefficient (Wildman–Crippen LogP) is 0.440. The minimum Gasteiger partial charge on any atom is -0.480 e. The smallest absolute Gasteiger partial charge is 0.326 e. The fourth-order valence-corrected chi connectivity index (χ4v) is 1.27. The number of aliphatic carboxylic acids is 1. The van der Waals surface area contributed by atoms with Gasteiger partial charge in [0.2, 0.25) is 0 Å². The van der Waals surface area contributed by atoms with Crippen LogP contribution in [-0.2, 0) is 9.53 Å². The number of carbonyl (C=O) groups excluding carboxylic acids is 1. The van der Waals surface area contributed by atoms with Gasteiger partial charge in [-0.3, -0.25) is 9.78 Å². The Morgan fingerprint density at radius 2 is 2.28 bits per heavy atom. The van der Waals surface area contributed by atoms with Gasteiger partial charge in [0.25, 0.3) is 5.91 Å². The highest BCUT2D eigenvalue weighted by Gasteiger charge is 2.20. The van der Waals surface area contributed by atoms with E-state index in [-0.39, 0.29) is 18.6 Å². The molecule has 98 valence electrons. The SMILES string of the molecule is COCCC(NC(=O)c1cncc(F)c1)C(=O)O. The van der Waals surface area contributed by atoms with Gasteiger partial charge in [0.05, 0.1) is 11.8 Å². The third-order valence-electron chi connectivity index (χ3n) is 2.18. The number of pyridine rings is 1. The van der Waals surface area contributed by atoms with Gasteiger partial charge in [0.1, 0.15) is 11.9 Å². The Balaban J connectivity index is 2.69. The quantitative estimate of drug-likeness (QED) is 0.771. The lowest BCUT2D eigenvalue weighted by atomic mass is 10.2. The first-order chi connectivity index (χ1) is 8.54. The van der Waals surface area contributed by atoms with Crippen molar-refractivity contribution in [3.63, 3.8) is 0 Å². The van der Waals surface area contributed by atoms with E-state index in [1.807, 2.05) is 0 Å². The number of ether oxygens (including phenoxy) is 1. The van der Waals surface area contributed by atoms with Crippen LogP contribution in [0.3, 0.4) is 0 Å². The molecule has 1 amide bonds. The van der Waals surface area contributed by atoms with Crippen LogP contribution in [0.1, 0.15) is 16.8 Å². The first-order valence-electron chi connectivity index (χ1n) is 5.17. The first kappa shape index (κ1) is 14.0. The average Bonchev–Trinajstić information content (AvgIpc) is 2.33. The summed E-state index contributed by atoms with van der Waals surface area (Å²) in [6, 6.07) is -0.0990. The van der Waals surface area contributed by atoms with Crippen molar-refractivity contribution in [1.29, 1.82) is 0 Å². The summed E-state index contributed by atoms with van der Waals surface area (Å²) in [6.07, 6.45) is 2.24. The third-order valence-corrected chi connectivity index (χ3v) is 2.18. The number of halogens is 1. The van der Waals surface area contributed by atoms with Crippen LogP contribution >= 0.6 is 0 Å². The van der Waals surface area contributed by atoms with E-state index in [0.717, 1.165) is 18.5 Å². The van der Waals surface area contributed by atoms with E-state index < -0.39 is 23.7 Å². The molecule has 2 N–H and O–H groups in total. The topological polar surface area (TPSA) is 88.5 Å². The highest BCUT2D eigenvalue weighted by molar-refractivity contribution is 5.96. The average molecular weight is 256 g/mol. The number of aromatic nitrogens is 1. The van der Waals surface area contributed by atoms with E-state index in [1.54, 1.807) is 0 Å². The van der Waals surface area contributed by atoms with Crippen LogP contribution in [0.25, 0.3) is 0 Å². The molecule has 1 heterocycles. The van der Waals surface area contributed by atoms with Gasteiger partial charge in [-0.1, -0.05) is 0 Å². The maximum Gasteiger partial charge on any atom is 0.326 e. The van der Waals surface area contributed by atoms with Gasteiger partial charge in [0, 0.05) is 26.3 Å². The second-order valence-electron chi connectivity index (χ2n) is 3.54. The van der Waals surface area contributed by atoms with Crippen molar-refractivity contribution in [3.05, 3.63) is 29.8 Å². The zero-order valence-electron chi connectivity index (χ0n) is 9.72. The lowest BCUT2D eigenvalue weighted by Crippen LogP contribution is -2.41. The molecule has 0 saturated carbocycles. The Kier molecular flexibility index (Phi) is 5.19. The van der Waals surface area contributed by atoms with E-state index in [4.69, 9.17) is 9.84 Å². The molecule has 1 unspecified atom stereocenters. The normalized spacial score (nSPS) is 11.9. The van der Waals surface area contributed by atoms with Gasteiger partial charge in [-0.25, -0.2) is 9.18 Å². The zero-order chi connectivity index (χ0) is 13.5. The van der Waals surface area contributed by atoms with Gasteiger partial charge in [-0.15, -0.1) is 0 Å². The Hall–Kier alpha value is -2.02. The van der Waals surface area contributed by atoms with E-state index >= 15 is 0 Å². The van der Waals surface area contributed by atoms with Gasteiger partial charge in [-0.05, 0) is 6.07 Å². The number of carboxylic acids is 1. The van der Waals surface area contributed by atoms with E-state index in [9.17, 15) is 14.0 Å². The number of carbonyl (C=O) groups is 2. The first-order valence-corrected chi connectivity index (χ1v) is 5.17. The van der Waals surface area contributed by atoms with Crippen LogP contribution in [0.2, 0.25) is 0 Å². The van der Waals surface area contributed by atoms with Gasteiger partial charge < -0.3 is 15.2 Å². The summed E-state index contributed by atoms with van der Waals surface area (Å²) in [5.74, 6) is -2.53. The molecule has 18 heavy (non-hydrogen) atoms. The number of nitrogens with zero attached hydrogens (tertiary/aromatic N) is 1. The Labute approximate surface area is 103 Å². The Bertz CT molecular complexity index is 439. The van der Waals surface area contributed by atoms with Crippen LogP contribution < -0.4 is 5.32 Å². The molecule has 1 aromatic heterocycles. The van der Waals surface area contributed by atoms with Crippen LogP contribution in [-0.4, -0.2) is 41.7 Å². The minimum absolute atomic E-state index is 0.0290. The molecule has 7 heteroatoms. The highest BCUT2D eigenvalue weighted by atomic mass is 19.1. The maximum absolute atomic E-state index is 12.8. The number of amides is 1. The molecular weight excluding hydrogens is 243 g/mol. The summed E-state index contributed by atoms with van der Waals surface area (Å²) in [7, 11) is 1.43. The molecule has 0 aliphatic rings. The minimum atomic E-state index is -1.18. The molecule has 0 fully saturated rings. The largest absolute Gasteiger partial charge is 0.480 e. The summed E-state index contributed by atoms with van der Waals surface area (Å²) >= 11 is 0. The monoisotopic (exact) mass is 256 g/mol. The molecule has 1 atom stereocenters. The second kappa shape index (κ2) is 6.65. The van der Waals surface area contributed by atoms with Crippen molar-refractivity contribution < 1.29 is 23.8 Å². The van der Waals surface area contributed by atoms with Crippen LogP contribution in [0.4, 0.5) is 4.39 Å². The van der Waals surface area contributed by atoms with Crippen molar-refractivity contribution >= 4 is 11.9 Å². The molecule has 0 aliphatic carbocycles. The van der Waals surface area contributed by atoms with E-state index in [1.165, 1.54) is 7.11 Å². The predicted molar refractivity (Wildman–Crippen MR) is 59.6 cm³/mol. The summed E-state index contributed by atoms with van der Waals surface area (Å²) in [4.78, 5) is 26.0. The summed E-state index contributed by atoms with van der Waals surface area (Å²) < 4.78 is 17.6. The molecule has 6 nitrogen and oxygen atoms in total. The summed E-state index contributed by atoms with van der Waals surface area (Å²) in [6.45, 7) is 0.193. The number of hydrogen-bond acceptors (Lipinski definition) is 4. The number of carboxylic acid groups (broad SMARTS) is 1. The Morgan fingerprint density at radius 3 is 2.83 bits per heavy atom. The number of hydrogen-bond donors (Lipinski definition) is 2. The van der Waals surface area contributed by atoms with Crippen molar-refractivity contribution in [1.82, 2.24) is 10.3 Å². The molecule has 1 rings (SSSR count). The molecule has 0 spiro atoms. The molecule has 0 saturated heterocycles. The lowest BCUT2D eigenvalue weighted by molar-refractivity contribution is -0.139.